The second-order valence-corrected chi connectivity index (χ2v) is 7.13. The molecule has 0 unspecified atom stereocenters. The van der Waals surface area contributed by atoms with E-state index in [0.717, 1.165) is 47.5 Å². The highest BCUT2D eigenvalue weighted by Gasteiger charge is 2.06. The van der Waals surface area contributed by atoms with E-state index in [-0.39, 0.29) is 24.0 Å². The molecule has 1 aromatic carbocycles. The SMILES string of the molecule is CN=C(NCCc1sc(C)nc1C)Nc1cccc(OCCCOC)c1.I. The van der Waals surface area contributed by atoms with Gasteiger partial charge in [-0.3, -0.25) is 4.99 Å². The average Bonchev–Trinajstić information content (AvgIpc) is 2.95. The molecule has 0 saturated carbocycles. The number of aryl methyl sites for hydroxylation is 2. The first-order chi connectivity index (χ1) is 12.6. The summed E-state index contributed by atoms with van der Waals surface area (Å²) in [7, 11) is 3.46. The Morgan fingerprint density at radius 3 is 2.74 bits per heavy atom. The number of aliphatic imine (C=N–C) groups is 1. The normalized spacial score (nSPS) is 11.0. The van der Waals surface area contributed by atoms with Crippen molar-refractivity contribution in [2.75, 3.05) is 39.2 Å². The van der Waals surface area contributed by atoms with Crippen molar-refractivity contribution >= 4 is 47.0 Å². The largest absolute Gasteiger partial charge is 0.493 e. The van der Waals surface area contributed by atoms with Crippen molar-refractivity contribution in [3.63, 3.8) is 0 Å². The second-order valence-electron chi connectivity index (χ2n) is 5.84. The molecule has 0 fully saturated rings. The van der Waals surface area contributed by atoms with E-state index >= 15 is 0 Å². The van der Waals surface area contributed by atoms with E-state index in [0.29, 0.717) is 13.2 Å². The van der Waals surface area contributed by atoms with Crippen LogP contribution in [-0.4, -0.2) is 44.9 Å². The Balaban J connectivity index is 0.00000364. The number of hydrogen-bond donors (Lipinski definition) is 2. The van der Waals surface area contributed by atoms with E-state index in [2.05, 4.69) is 27.5 Å². The van der Waals surface area contributed by atoms with Gasteiger partial charge in [0.15, 0.2) is 5.96 Å². The smallest absolute Gasteiger partial charge is 0.195 e. The summed E-state index contributed by atoms with van der Waals surface area (Å²) >= 11 is 1.75. The maximum atomic E-state index is 5.73. The molecule has 0 amide bonds. The lowest BCUT2D eigenvalue weighted by molar-refractivity contribution is 0.172. The Morgan fingerprint density at radius 1 is 1.26 bits per heavy atom. The molecule has 0 atom stereocenters. The van der Waals surface area contributed by atoms with Crippen molar-refractivity contribution in [1.29, 1.82) is 0 Å². The first kappa shape index (κ1) is 23.6. The van der Waals surface area contributed by atoms with Gasteiger partial charge in [-0.1, -0.05) is 6.07 Å². The van der Waals surface area contributed by atoms with E-state index in [9.17, 15) is 0 Å². The van der Waals surface area contributed by atoms with E-state index in [1.54, 1.807) is 25.5 Å². The topological polar surface area (TPSA) is 67.8 Å². The molecule has 2 aromatic rings. The molecule has 1 aromatic heterocycles. The van der Waals surface area contributed by atoms with Crippen molar-refractivity contribution < 1.29 is 9.47 Å². The van der Waals surface area contributed by atoms with Gasteiger partial charge in [-0.2, -0.15) is 0 Å². The molecule has 6 nitrogen and oxygen atoms in total. The van der Waals surface area contributed by atoms with Crippen LogP contribution in [0.25, 0.3) is 0 Å². The Labute approximate surface area is 182 Å². The van der Waals surface area contributed by atoms with Gasteiger partial charge in [-0.05, 0) is 26.0 Å². The van der Waals surface area contributed by atoms with Crippen LogP contribution in [0.1, 0.15) is 22.0 Å². The summed E-state index contributed by atoms with van der Waals surface area (Å²) in [5, 5.41) is 7.75. The number of halogens is 1. The lowest BCUT2D eigenvalue weighted by Crippen LogP contribution is -2.32. The summed E-state index contributed by atoms with van der Waals surface area (Å²) in [5.74, 6) is 1.57. The molecule has 0 spiro atoms. The fourth-order valence-electron chi connectivity index (χ4n) is 2.47. The summed E-state index contributed by atoms with van der Waals surface area (Å²) < 4.78 is 10.8. The quantitative estimate of drug-likeness (QED) is 0.234. The minimum atomic E-state index is 0. The molecule has 2 rings (SSSR count). The first-order valence-electron chi connectivity index (χ1n) is 8.74. The molecule has 150 valence electrons. The first-order valence-corrected chi connectivity index (χ1v) is 9.56. The molecule has 0 radical (unpaired) electrons. The van der Waals surface area contributed by atoms with Crippen molar-refractivity contribution in [1.82, 2.24) is 10.3 Å². The Morgan fingerprint density at radius 2 is 2.07 bits per heavy atom. The van der Waals surface area contributed by atoms with Crippen LogP contribution in [0.4, 0.5) is 5.69 Å². The van der Waals surface area contributed by atoms with Crippen molar-refractivity contribution in [2.24, 2.45) is 4.99 Å². The minimum absolute atomic E-state index is 0. The Bertz CT molecular complexity index is 721. The zero-order valence-corrected chi connectivity index (χ0v) is 19.5. The zero-order valence-electron chi connectivity index (χ0n) is 16.4. The maximum Gasteiger partial charge on any atom is 0.195 e. The van der Waals surface area contributed by atoms with Crippen LogP contribution in [0.3, 0.4) is 0 Å². The van der Waals surface area contributed by atoms with E-state index in [4.69, 9.17) is 9.47 Å². The number of thiazole rings is 1. The van der Waals surface area contributed by atoms with Crippen LogP contribution in [0.2, 0.25) is 0 Å². The molecule has 0 aliphatic rings. The summed E-state index contributed by atoms with van der Waals surface area (Å²) in [6.07, 6.45) is 1.80. The molecule has 0 saturated heterocycles. The number of aromatic nitrogens is 1. The monoisotopic (exact) mass is 504 g/mol. The highest BCUT2D eigenvalue weighted by molar-refractivity contribution is 14.0. The van der Waals surface area contributed by atoms with Crippen LogP contribution < -0.4 is 15.4 Å². The number of methoxy groups -OCH3 is 1. The number of benzene rings is 1. The number of nitrogens with zero attached hydrogens (tertiary/aromatic N) is 2. The van der Waals surface area contributed by atoms with Crippen molar-refractivity contribution in [3.05, 3.63) is 39.8 Å². The fourth-order valence-corrected chi connectivity index (χ4v) is 3.41. The fraction of sp³-hybridized carbons (Fsp3) is 0.474. The van der Waals surface area contributed by atoms with Crippen molar-refractivity contribution in [3.8, 4) is 5.75 Å². The van der Waals surface area contributed by atoms with Crippen LogP contribution >= 0.6 is 35.3 Å². The summed E-state index contributed by atoms with van der Waals surface area (Å²) in [4.78, 5) is 10.1. The highest BCUT2D eigenvalue weighted by Crippen LogP contribution is 2.18. The van der Waals surface area contributed by atoms with Crippen LogP contribution in [0.15, 0.2) is 29.3 Å². The molecular formula is C19H29IN4O2S. The minimum Gasteiger partial charge on any atom is -0.493 e. The number of guanidine groups is 1. The number of hydrogen-bond acceptors (Lipinski definition) is 5. The average molecular weight is 504 g/mol. The third-order valence-electron chi connectivity index (χ3n) is 3.73. The van der Waals surface area contributed by atoms with Gasteiger partial charge in [-0.25, -0.2) is 4.98 Å². The highest BCUT2D eigenvalue weighted by atomic mass is 127. The van der Waals surface area contributed by atoms with Crippen LogP contribution in [0.5, 0.6) is 5.75 Å². The van der Waals surface area contributed by atoms with Gasteiger partial charge in [0.2, 0.25) is 0 Å². The van der Waals surface area contributed by atoms with Crippen LogP contribution in [0, 0.1) is 13.8 Å². The number of rotatable bonds is 9. The molecule has 1 heterocycles. The third kappa shape index (κ3) is 8.44. The van der Waals surface area contributed by atoms with Gasteiger partial charge in [0, 0.05) is 56.8 Å². The molecule has 8 heteroatoms. The zero-order chi connectivity index (χ0) is 18.8. The van der Waals surface area contributed by atoms with Crippen LogP contribution in [-0.2, 0) is 11.2 Å². The molecule has 0 bridgehead atoms. The van der Waals surface area contributed by atoms with Gasteiger partial charge in [0.1, 0.15) is 5.75 Å². The van der Waals surface area contributed by atoms with Crippen molar-refractivity contribution in [2.45, 2.75) is 26.7 Å². The number of ether oxygens (including phenoxy) is 2. The van der Waals surface area contributed by atoms with E-state index < -0.39 is 0 Å². The van der Waals surface area contributed by atoms with Gasteiger partial charge in [-0.15, -0.1) is 35.3 Å². The molecular weight excluding hydrogens is 475 g/mol. The number of anilines is 1. The standard InChI is InChI=1S/C19H28N4O2S.HI/c1-14-18(26-15(2)22-14)9-10-21-19(20-3)23-16-7-5-8-17(13-16)25-12-6-11-24-4;/h5,7-8,13H,6,9-12H2,1-4H3,(H2,20,21,23);1H. The Kier molecular flexibility index (Phi) is 11.3. The van der Waals surface area contributed by atoms with E-state index in [1.807, 2.05) is 31.2 Å². The van der Waals surface area contributed by atoms with E-state index in [1.165, 1.54) is 4.88 Å². The summed E-state index contributed by atoms with van der Waals surface area (Å²) in [5.41, 5.74) is 2.06. The Hall–Kier alpha value is -1.39. The predicted molar refractivity (Wildman–Crippen MR) is 124 cm³/mol. The summed E-state index contributed by atoms with van der Waals surface area (Å²) in [6.45, 7) is 6.24. The molecule has 2 N–H and O–H groups in total. The second kappa shape index (κ2) is 12.9. The van der Waals surface area contributed by atoms with Gasteiger partial charge >= 0.3 is 0 Å². The number of nitrogens with one attached hydrogen (secondary N) is 2. The summed E-state index contributed by atoms with van der Waals surface area (Å²) in [6, 6.07) is 7.87. The predicted octanol–water partition coefficient (Wildman–Crippen LogP) is 4.02. The van der Waals surface area contributed by atoms with Gasteiger partial charge < -0.3 is 20.1 Å². The lowest BCUT2D eigenvalue weighted by atomic mass is 10.3. The maximum absolute atomic E-state index is 5.73. The lowest BCUT2D eigenvalue weighted by Gasteiger charge is -2.13. The molecule has 27 heavy (non-hydrogen) atoms. The molecule has 0 aliphatic carbocycles. The molecule has 0 aliphatic heterocycles. The van der Waals surface area contributed by atoms with Gasteiger partial charge in [0.25, 0.3) is 0 Å². The van der Waals surface area contributed by atoms with Gasteiger partial charge in [0.05, 0.1) is 17.3 Å². The third-order valence-corrected chi connectivity index (χ3v) is 4.86.